The van der Waals surface area contributed by atoms with E-state index in [-0.39, 0.29) is 17.2 Å². The topological polar surface area (TPSA) is 60.7 Å². The van der Waals surface area contributed by atoms with E-state index in [4.69, 9.17) is 0 Å². The number of para-hydroxylation sites is 1. The molecule has 0 aliphatic heterocycles. The maximum absolute atomic E-state index is 10.5. The van der Waals surface area contributed by atoms with Gasteiger partial charge in [-0.15, -0.1) is 0 Å². The molecule has 4 aromatic carbocycles. The molecule has 0 aromatic heterocycles. The molecule has 3 N–H and O–H groups in total. The number of aromatic hydroxyl groups is 3. The smallest absolute Gasteiger partial charge is 0.123 e. The highest BCUT2D eigenvalue weighted by atomic mass is 16.3. The van der Waals surface area contributed by atoms with Crippen molar-refractivity contribution in [3.05, 3.63) is 91.0 Å². The standard InChI is InChI=1S/C24H18O3/c25-18-12-8-16(9-13-18)20-5-3-6-21(17-10-14-19(26)15-11-17)24(20)22-4-1-2-7-23(22)27/h1-15,25-27H. The van der Waals surface area contributed by atoms with Crippen molar-refractivity contribution in [3.8, 4) is 50.6 Å². The van der Waals surface area contributed by atoms with E-state index in [1.54, 1.807) is 36.4 Å². The molecule has 0 atom stereocenters. The molecule has 0 radical (unpaired) electrons. The highest BCUT2D eigenvalue weighted by Gasteiger charge is 2.16. The first-order valence-electron chi connectivity index (χ1n) is 8.63. The Morgan fingerprint density at radius 1 is 0.407 bits per heavy atom. The van der Waals surface area contributed by atoms with Gasteiger partial charge in [0.25, 0.3) is 0 Å². The van der Waals surface area contributed by atoms with Gasteiger partial charge in [-0.2, -0.15) is 0 Å². The molecule has 4 aromatic rings. The predicted molar refractivity (Wildman–Crippen MR) is 108 cm³/mol. The van der Waals surface area contributed by atoms with Crippen LogP contribution in [0.25, 0.3) is 33.4 Å². The van der Waals surface area contributed by atoms with Gasteiger partial charge in [0.05, 0.1) is 0 Å². The van der Waals surface area contributed by atoms with Crippen LogP contribution in [0.5, 0.6) is 17.2 Å². The molecule has 0 spiro atoms. The van der Waals surface area contributed by atoms with Gasteiger partial charge in [-0.05, 0) is 52.6 Å². The number of phenolic OH excluding ortho intramolecular Hbond substituents is 3. The molecule has 0 aliphatic rings. The van der Waals surface area contributed by atoms with Crippen LogP contribution in [0, 0.1) is 0 Å². The van der Waals surface area contributed by atoms with Crippen LogP contribution in [-0.2, 0) is 0 Å². The molecular weight excluding hydrogens is 336 g/mol. The molecule has 0 bridgehead atoms. The first kappa shape index (κ1) is 16.7. The van der Waals surface area contributed by atoms with Crippen LogP contribution in [0.1, 0.15) is 0 Å². The second-order valence-corrected chi connectivity index (χ2v) is 6.34. The Balaban J connectivity index is 2.02. The quantitative estimate of drug-likeness (QED) is 0.435. The molecular formula is C24H18O3. The lowest BCUT2D eigenvalue weighted by Gasteiger charge is -2.17. The molecule has 3 nitrogen and oxygen atoms in total. The second-order valence-electron chi connectivity index (χ2n) is 6.34. The van der Waals surface area contributed by atoms with E-state index in [0.717, 1.165) is 33.4 Å². The van der Waals surface area contributed by atoms with Gasteiger partial charge >= 0.3 is 0 Å². The fourth-order valence-electron chi connectivity index (χ4n) is 3.29. The van der Waals surface area contributed by atoms with Gasteiger partial charge in [-0.3, -0.25) is 0 Å². The molecule has 0 heterocycles. The summed E-state index contributed by atoms with van der Waals surface area (Å²) in [5.74, 6) is 0.610. The number of phenols is 3. The highest BCUT2D eigenvalue weighted by molar-refractivity contribution is 5.96. The number of hydrogen-bond donors (Lipinski definition) is 3. The Labute approximate surface area is 157 Å². The van der Waals surface area contributed by atoms with Crippen molar-refractivity contribution >= 4 is 0 Å². The summed E-state index contributed by atoms with van der Waals surface area (Å²) in [5, 5.41) is 29.8. The number of benzene rings is 4. The Bertz CT molecular complexity index is 1020. The van der Waals surface area contributed by atoms with E-state index in [2.05, 4.69) is 0 Å². The van der Waals surface area contributed by atoms with Gasteiger partial charge in [0, 0.05) is 11.1 Å². The molecule has 27 heavy (non-hydrogen) atoms. The zero-order valence-corrected chi connectivity index (χ0v) is 14.5. The summed E-state index contributed by atoms with van der Waals surface area (Å²) < 4.78 is 0. The van der Waals surface area contributed by atoms with E-state index >= 15 is 0 Å². The van der Waals surface area contributed by atoms with Crippen molar-refractivity contribution in [3.63, 3.8) is 0 Å². The first-order valence-corrected chi connectivity index (χ1v) is 8.63. The summed E-state index contributed by atoms with van der Waals surface area (Å²) in [4.78, 5) is 0. The SMILES string of the molecule is Oc1ccc(-c2cccc(-c3ccc(O)cc3)c2-c2ccccc2O)cc1. The molecule has 0 fully saturated rings. The zero-order valence-electron chi connectivity index (χ0n) is 14.5. The van der Waals surface area contributed by atoms with E-state index in [1.165, 1.54) is 0 Å². The summed E-state index contributed by atoms with van der Waals surface area (Å²) >= 11 is 0. The first-order chi connectivity index (χ1) is 13.1. The van der Waals surface area contributed by atoms with Crippen LogP contribution in [-0.4, -0.2) is 15.3 Å². The van der Waals surface area contributed by atoms with Gasteiger partial charge in [-0.1, -0.05) is 60.7 Å². The fourth-order valence-corrected chi connectivity index (χ4v) is 3.29. The van der Waals surface area contributed by atoms with Crippen LogP contribution < -0.4 is 0 Å². The predicted octanol–water partition coefficient (Wildman–Crippen LogP) is 5.80. The lowest BCUT2D eigenvalue weighted by molar-refractivity contribution is 0.475. The third-order valence-electron chi connectivity index (χ3n) is 4.59. The molecule has 0 saturated carbocycles. The van der Waals surface area contributed by atoms with Crippen molar-refractivity contribution in [1.29, 1.82) is 0 Å². The van der Waals surface area contributed by atoms with E-state index in [1.807, 2.05) is 54.6 Å². The summed E-state index contributed by atoms with van der Waals surface area (Å²) in [6.45, 7) is 0. The molecule has 4 rings (SSSR count). The zero-order chi connectivity index (χ0) is 18.8. The Kier molecular flexibility index (Phi) is 4.27. The van der Waals surface area contributed by atoms with E-state index in [9.17, 15) is 15.3 Å². The maximum Gasteiger partial charge on any atom is 0.123 e. The van der Waals surface area contributed by atoms with Crippen molar-refractivity contribution in [1.82, 2.24) is 0 Å². The number of hydrogen-bond acceptors (Lipinski definition) is 3. The third kappa shape index (κ3) is 3.23. The monoisotopic (exact) mass is 354 g/mol. The highest BCUT2D eigenvalue weighted by Crippen LogP contribution is 2.43. The summed E-state index contributed by atoms with van der Waals surface area (Å²) in [6.07, 6.45) is 0. The Morgan fingerprint density at radius 3 is 1.33 bits per heavy atom. The van der Waals surface area contributed by atoms with Gasteiger partial charge in [0.2, 0.25) is 0 Å². The van der Waals surface area contributed by atoms with Crippen LogP contribution >= 0.6 is 0 Å². The summed E-state index contributed by atoms with van der Waals surface area (Å²) in [5.41, 5.74) is 5.39. The van der Waals surface area contributed by atoms with Crippen molar-refractivity contribution in [2.45, 2.75) is 0 Å². The Hall–Kier alpha value is -3.72. The summed E-state index contributed by atoms with van der Waals surface area (Å²) in [6, 6.07) is 27.2. The van der Waals surface area contributed by atoms with Gasteiger partial charge in [0.15, 0.2) is 0 Å². The lowest BCUT2D eigenvalue weighted by atomic mass is 9.87. The minimum atomic E-state index is 0.198. The average Bonchev–Trinajstić information content (AvgIpc) is 2.69. The normalized spacial score (nSPS) is 10.7. The number of rotatable bonds is 3. The lowest BCUT2D eigenvalue weighted by Crippen LogP contribution is -1.91. The molecule has 0 aliphatic carbocycles. The van der Waals surface area contributed by atoms with Crippen LogP contribution in [0.3, 0.4) is 0 Å². The minimum absolute atomic E-state index is 0.198. The molecule has 0 saturated heterocycles. The molecule has 3 heteroatoms. The average molecular weight is 354 g/mol. The molecule has 132 valence electrons. The van der Waals surface area contributed by atoms with Crippen LogP contribution in [0.4, 0.5) is 0 Å². The van der Waals surface area contributed by atoms with Crippen LogP contribution in [0.2, 0.25) is 0 Å². The molecule has 0 unspecified atom stereocenters. The minimum Gasteiger partial charge on any atom is -0.508 e. The Morgan fingerprint density at radius 2 is 0.852 bits per heavy atom. The molecule has 0 amide bonds. The van der Waals surface area contributed by atoms with Crippen LogP contribution in [0.15, 0.2) is 91.0 Å². The maximum atomic E-state index is 10.5. The van der Waals surface area contributed by atoms with Gasteiger partial charge in [0.1, 0.15) is 17.2 Å². The van der Waals surface area contributed by atoms with E-state index in [0.29, 0.717) is 0 Å². The fraction of sp³-hybridized carbons (Fsp3) is 0. The van der Waals surface area contributed by atoms with Gasteiger partial charge in [-0.25, -0.2) is 0 Å². The third-order valence-corrected chi connectivity index (χ3v) is 4.59. The van der Waals surface area contributed by atoms with Crippen molar-refractivity contribution < 1.29 is 15.3 Å². The van der Waals surface area contributed by atoms with Crippen molar-refractivity contribution in [2.75, 3.05) is 0 Å². The van der Waals surface area contributed by atoms with Gasteiger partial charge < -0.3 is 15.3 Å². The largest absolute Gasteiger partial charge is 0.508 e. The summed E-state index contributed by atoms with van der Waals surface area (Å²) in [7, 11) is 0. The second kappa shape index (κ2) is 6.89. The van der Waals surface area contributed by atoms with Crippen molar-refractivity contribution in [2.24, 2.45) is 0 Å². The van der Waals surface area contributed by atoms with E-state index < -0.39 is 0 Å².